The third kappa shape index (κ3) is 12.4. The Balaban J connectivity index is 1.67. The predicted molar refractivity (Wildman–Crippen MR) is 227 cm³/mol. The zero-order valence-corrected chi connectivity index (χ0v) is 33.8. The summed E-state index contributed by atoms with van der Waals surface area (Å²) in [6.45, 7) is 1.54. The van der Waals surface area contributed by atoms with Crippen LogP contribution in [0.25, 0.3) is 21.7 Å². The molecule has 58 heavy (non-hydrogen) atoms. The average molecular weight is 837 g/mol. The molecule has 18 heteroatoms. The number of aromatic nitrogens is 1. The first kappa shape index (κ1) is 45.6. The van der Waals surface area contributed by atoms with Crippen LogP contribution in [0.3, 0.4) is 0 Å². The van der Waals surface area contributed by atoms with Crippen LogP contribution in [0, 0.1) is 0 Å². The van der Waals surface area contributed by atoms with Gasteiger partial charge in [0.05, 0.1) is 12.1 Å². The molecule has 0 aliphatic carbocycles. The highest BCUT2D eigenvalue weighted by molar-refractivity contribution is 7.80. The standard InChI is InChI=1S/C40H52N8O8S2/c1-22(49)34(39(54)47-33(21-58)40(55)56)48-36(51)30(15-6-7-16-41)44-37(52)32(18-25-19-43-29-14-5-4-13-27(25)29)46-38(53)31(45-35(50)28(42)20-57)17-24-11-8-10-23-9-2-3-12-26(23)24/h2-5,8-14,19,22,28,30-34,43,49,57-58H,6-7,15-18,20-21,41-42H2,1H3,(H,44,52)(H,45,50)(H,46,53)(H,47,54)(H,48,51)(H,55,56)/t22-,28+,30+,31+,32-,33+,34+/m1/s1. The minimum Gasteiger partial charge on any atom is -0.480 e. The minimum absolute atomic E-state index is 0.0144. The lowest BCUT2D eigenvalue weighted by molar-refractivity contribution is -0.142. The molecule has 0 spiro atoms. The van der Waals surface area contributed by atoms with Crippen LogP contribution in [0.5, 0.6) is 0 Å². The zero-order chi connectivity index (χ0) is 42.4. The molecule has 0 saturated heterocycles. The number of nitrogens with two attached hydrogens (primary N) is 2. The maximum absolute atomic E-state index is 14.4. The molecule has 0 aliphatic heterocycles. The number of aromatic amines is 1. The Morgan fingerprint density at radius 1 is 0.672 bits per heavy atom. The number of hydrogen-bond acceptors (Lipinski definition) is 11. The third-order valence-corrected chi connectivity index (χ3v) is 10.4. The Kier molecular flexibility index (Phi) is 17.4. The van der Waals surface area contributed by atoms with Gasteiger partial charge in [0.2, 0.25) is 29.5 Å². The Morgan fingerprint density at radius 3 is 1.88 bits per heavy atom. The van der Waals surface area contributed by atoms with Crippen LogP contribution in [0.4, 0.5) is 0 Å². The maximum Gasteiger partial charge on any atom is 0.327 e. The molecule has 312 valence electrons. The molecule has 5 amide bonds. The van der Waals surface area contributed by atoms with Crippen molar-refractivity contribution in [1.29, 1.82) is 0 Å². The van der Waals surface area contributed by atoms with Crippen molar-refractivity contribution in [1.82, 2.24) is 31.6 Å². The molecule has 16 nitrogen and oxygen atoms in total. The van der Waals surface area contributed by atoms with E-state index in [0.29, 0.717) is 24.9 Å². The number of fused-ring (bicyclic) bond motifs is 2. The molecule has 4 rings (SSSR count). The number of H-pyrrole nitrogens is 1. The normalized spacial score (nSPS) is 14.9. The number of amides is 5. The first-order chi connectivity index (χ1) is 27.8. The van der Waals surface area contributed by atoms with Crippen LogP contribution >= 0.6 is 25.3 Å². The van der Waals surface area contributed by atoms with E-state index in [2.05, 4.69) is 56.8 Å². The zero-order valence-electron chi connectivity index (χ0n) is 32.0. The van der Waals surface area contributed by atoms with Crippen molar-refractivity contribution in [2.75, 3.05) is 18.1 Å². The van der Waals surface area contributed by atoms with Gasteiger partial charge in [0.1, 0.15) is 30.2 Å². The average Bonchev–Trinajstić information content (AvgIpc) is 3.62. The van der Waals surface area contributed by atoms with Crippen LogP contribution in [-0.4, -0.2) is 111 Å². The lowest BCUT2D eigenvalue weighted by Crippen LogP contribution is -2.61. The van der Waals surface area contributed by atoms with E-state index < -0.39 is 77.9 Å². The summed E-state index contributed by atoms with van der Waals surface area (Å²) in [7, 11) is 0. The summed E-state index contributed by atoms with van der Waals surface area (Å²) in [5, 5.41) is 35.4. The Morgan fingerprint density at radius 2 is 1.24 bits per heavy atom. The summed E-state index contributed by atoms with van der Waals surface area (Å²) in [5.41, 5.74) is 13.9. The van der Waals surface area contributed by atoms with Crippen molar-refractivity contribution in [2.24, 2.45) is 11.5 Å². The molecule has 0 bridgehead atoms. The molecule has 7 atom stereocenters. The maximum atomic E-state index is 14.4. The van der Waals surface area contributed by atoms with Gasteiger partial charge in [-0.1, -0.05) is 60.7 Å². The highest BCUT2D eigenvalue weighted by atomic mass is 32.1. The van der Waals surface area contributed by atoms with Crippen molar-refractivity contribution in [3.63, 3.8) is 0 Å². The molecule has 3 aromatic carbocycles. The Bertz CT molecular complexity index is 2060. The van der Waals surface area contributed by atoms with E-state index in [1.165, 1.54) is 6.92 Å². The lowest BCUT2D eigenvalue weighted by atomic mass is 9.97. The van der Waals surface area contributed by atoms with Crippen LogP contribution in [0.2, 0.25) is 0 Å². The molecule has 0 unspecified atom stereocenters. The summed E-state index contributed by atoms with van der Waals surface area (Å²) < 4.78 is 0. The number of unbranched alkanes of at least 4 members (excludes halogenated alkanes) is 1. The smallest absolute Gasteiger partial charge is 0.327 e. The second-order valence-corrected chi connectivity index (χ2v) is 14.7. The van der Waals surface area contributed by atoms with E-state index in [0.717, 1.165) is 27.2 Å². The van der Waals surface area contributed by atoms with E-state index in [4.69, 9.17) is 11.5 Å². The summed E-state index contributed by atoms with van der Waals surface area (Å²) >= 11 is 8.09. The van der Waals surface area contributed by atoms with Gasteiger partial charge in [-0.2, -0.15) is 25.3 Å². The van der Waals surface area contributed by atoms with Gasteiger partial charge in [0.15, 0.2) is 0 Å². The highest BCUT2D eigenvalue weighted by Crippen LogP contribution is 2.22. The summed E-state index contributed by atoms with van der Waals surface area (Å²) in [6, 6.07) is 12.8. The molecule has 12 N–H and O–H groups in total. The number of aliphatic carboxylic acids is 1. The number of aliphatic hydroxyl groups excluding tert-OH is 1. The van der Waals surface area contributed by atoms with E-state index in [1.54, 1.807) is 6.20 Å². The summed E-state index contributed by atoms with van der Waals surface area (Å²) in [5.74, 6) is -5.49. The van der Waals surface area contributed by atoms with Crippen LogP contribution in [0.1, 0.15) is 37.3 Å². The second-order valence-electron chi connectivity index (χ2n) is 14.0. The van der Waals surface area contributed by atoms with Crippen molar-refractivity contribution in [2.45, 2.75) is 81.4 Å². The lowest BCUT2D eigenvalue weighted by Gasteiger charge is -2.28. The summed E-state index contributed by atoms with van der Waals surface area (Å²) in [4.78, 5) is 83.4. The van der Waals surface area contributed by atoms with Gasteiger partial charge in [-0.25, -0.2) is 4.79 Å². The topological polar surface area (TPSA) is 271 Å². The number of benzene rings is 3. The molecular weight excluding hydrogens is 785 g/mol. The second kappa shape index (κ2) is 22.1. The fourth-order valence-corrected chi connectivity index (χ4v) is 6.82. The number of thiol groups is 2. The molecule has 0 saturated carbocycles. The van der Waals surface area contributed by atoms with E-state index in [1.807, 2.05) is 66.7 Å². The largest absolute Gasteiger partial charge is 0.480 e. The van der Waals surface area contributed by atoms with Crippen molar-refractivity contribution in [3.8, 4) is 0 Å². The SMILES string of the molecule is C[C@@H](O)[C@H](NC(=O)[C@H](CCCCN)NC(=O)[C@@H](Cc1c[nH]c2ccccc12)NC(=O)[C@H](Cc1cccc2ccccc12)NC(=O)[C@@H](N)CS)C(=O)N[C@@H](CS)C(=O)O. The number of para-hydroxylation sites is 1. The van der Waals surface area contributed by atoms with E-state index in [-0.39, 0.29) is 30.8 Å². The van der Waals surface area contributed by atoms with Crippen molar-refractivity contribution in [3.05, 3.63) is 84.1 Å². The third-order valence-electron chi connectivity index (χ3n) is 9.64. The van der Waals surface area contributed by atoms with E-state index >= 15 is 0 Å². The fourth-order valence-electron chi connectivity index (χ4n) is 6.40. The van der Waals surface area contributed by atoms with Crippen LogP contribution < -0.4 is 38.1 Å². The van der Waals surface area contributed by atoms with Gasteiger partial charge in [-0.15, -0.1) is 0 Å². The van der Waals surface area contributed by atoms with Crippen LogP contribution in [0.15, 0.2) is 72.9 Å². The minimum atomic E-state index is -1.59. The van der Waals surface area contributed by atoms with Gasteiger partial charge in [0.25, 0.3) is 0 Å². The molecule has 1 aromatic heterocycles. The summed E-state index contributed by atoms with van der Waals surface area (Å²) in [6.07, 6.45) is 1.19. The number of carbonyl (C=O) groups is 6. The van der Waals surface area contributed by atoms with Crippen molar-refractivity contribution < 1.29 is 39.0 Å². The highest BCUT2D eigenvalue weighted by Gasteiger charge is 2.34. The molecular formula is C40H52N8O8S2. The number of rotatable bonds is 22. The fraction of sp³-hybridized carbons (Fsp3) is 0.400. The molecule has 0 aliphatic rings. The monoisotopic (exact) mass is 836 g/mol. The number of carbonyl (C=O) groups excluding carboxylic acids is 5. The molecule has 1 heterocycles. The quantitative estimate of drug-likeness (QED) is 0.0381. The van der Waals surface area contributed by atoms with Gasteiger partial charge >= 0.3 is 5.97 Å². The van der Waals surface area contributed by atoms with Crippen LogP contribution in [-0.2, 0) is 41.6 Å². The van der Waals surface area contributed by atoms with E-state index in [9.17, 15) is 39.0 Å². The number of hydrogen-bond donors (Lipinski definition) is 12. The van der Waals surface area contributed by atoms with Crippen molar-refractivity contribution >= 4 is 82.4 Å². The molecule has 0 radical (unpaired) electrons. The number of carboxylic acids is 1. The van der Waals surface area contributed by atoms with Gasteiger partial charge in [-0.3, -0.25) is 24.0 Å². The Labute approximate surface area is 346 Å². The predicted octanol–water partition coefficient (Wildman–Crippen LogP) is 0.312. The first-order valence-electron chi connectivity index (χ1n) is 18.9. The number of carboxylic acid groups (broad SMARTS) is 1. The molecule has 4 aromatic rings. The Hall–Kier alpha value is -5.14. The number of nitrogens with one attached hydrogen (secondary N) is 6. The molecule has 0 fully saturated rings. The van der Waals surface area contributed by atoms with Gasteiger partial charge in [-0.05, 0) is 60.7 Å². The van der Waals surface area contributed by atoms with Gasteiger partial charge in [0, 0.05) is 41.4 Å². The number of aliphatic hydroxyl groups is 1. The van der Waals surface area contributed by atoms with Gasteiger partial charge < -0.3 is 53.2 Å². The first-order valence-corrected chi connectivity index (χ1v) is 20.2.